The van der Waals surface area contributed by atoms with Gasteiger partial charge >= 0.3 is 6.16 Å². The van der Waals surface area contributed by atoms with Crippen molar-refractivity contribution in [3.05, 3.63) is 156 Å². The smallest absolute Gasteiger partial charge is 0.427 e. The minimum Gasteiger partial charge on any atom is -0.427 e. The second-order valence-electron chi connectivity index (χ2n) is 14.5. The van der Waals surface area contributed by atoms with Gasteiger partial charge in [0.05, 0.1) is 11.0 Å². The molecule has 0 saturated heterocycles. The van der Waals surface area contributed by atoms with Crippen molar-refractivity contribution in [2.75, 3.05) is 0 Å². The predicted molar refractivity (Wildman–Crippen MR) is 201 cm³/mol. The van der Waals surface area contributed by atoms with Gasteiger partial charge in [0, 0.05) is 27.3 Å². The maximum atomic E-state index is 13.2. The molecule has 0 unspecified atom stereocenters. The average Bonchev–Trinajstić information content (AvgIpc) is 3.53. The van der Waals surface area contributed by atoms with E-state index in [1.54, 1.807) is 4.73 Å². The van der Waals surface area contributed by atoms with Gasteiger partial charge < -0.3 is 9.57 Å². The van der Waals surface area contributed by atoms with Gasteiger partial charge in [-0.3, -0.25) is 4.79 Å². The maximum absolute atomic E-state index is 13.2. The van der Waals surface area contributed by atoms with Crippen molar-refractivity contribution < 1.29 is 19.2 Å². The van der Waals surface area contributed by atoms with E-state index >= 15 is 0 Å². The maximum Gasteiger partial charge on any atom is 0.534 e. The van der Waals surface area contributed by atoms with Crippen LogP contribution < -0.4 is 4.84 Å². The molecule has 0 amide bonds. The van der Waals surface area contributed by atoms with Crippen molar-refractivity contribution in [2.45, 2.75) is 45.6 Å². The highest BCUT2D eigenvalue weighted by Gasteiger charge is 2.36. The minimum atomic E-state index is -0.760. The molecule has 0 atom stereocenters. The van der Waals surface area contributed by atoms with E-state index in [1.807, 2.05) is 87.5 Å². The molecule has 1 aliphatic carbocycles. The molecule has 0 N–H and O–H groups in total. The number of hydrogen-bond acceptors (Lipinski definition) is 4. The van der Waals surface area contributed by atoms with Gasteiger partial charge in [-0.1, -0.05) is 111 Å². The first-order valence-corrected chi connectivity index (χ1v) is 16.9. The Morgan fingerprint density at radius 3 is 1.92 bits per heavy atom. The van der Waals surface area contributed by atoms with Crippen LogP contribution in [0.1, 0.15) is 61.7 Å². The number of ketones is 1. The van der Waals surface area contributed by atoms with E-state index < -0.39 is 11.8 Å². The van der Waals surface area contributed by atoms with Crippen LogP contribution in [0.3, 0.4) is 0 Å². The van der Waals surface area contributed by atoms with Crippen molar-refractivity contribution in [3.8, 4) is 33.4 Å². The zero-order valence-corrected chi connectivity index (χ0v) is 28.8. The highest BCUT2D eigenvalue weighted by atomic mass is 16.8. The molecule has 5 heteroatoms. The van der Waals surface area contributed by atoms with E-state index in [-0.39, 0.29) is 11.2 Å². The van der Waals surface area contributed by atoms with Gasteiger partial charge in [0.15, 0.2) is 5.78 Å². The second-order valence-corrected chi connectivity index (χ2v) is 14.5. The van der Waals surface area contributed by atoms with Crippen LogP contribution in [0.15, 0.2) is 133 Å². The fourth-order valence-electron chi connectivity index (χ4n) is 7.27. The molecule has 6 aromatic carbocycles. The van der Waals surface area contributed by atoms with Gasteiger partial charge in [-0.05, 0) is 102 Å². The van der Waals surface area contributed by atoms with Crippen molar-refractivity contribution in [2.24, 2.45) is 0 Å². The fourth-order valence-corrected chi connectivity index (χ4v) is 7.27. The van der Waals surface area contributed by atoms with Crippen molar-refractivity contribution in [1.29, 1.82) is 0 Å². The lowest BCUT2D eigenvalue weighted by Gasteiger charge is -2.22. The molecule has 0 aliphatic heterocycles. The summed E-state index contributed by atoms with van der Waals surface area (Å²) >= 11 is 0. The number of aromatic nitrogens is 1. The average molecular weight is 656 g/mol. The van der Waals surface area contributed by atoms with Gasteiger partial charge in [0.1, 0.15) is 5.60 Å². The van der Waals surface area contributed by atoms with Crippen LogP contribution in [0.5, 0.6) is 0 Å². The normalized spacial score (nSPS) is 13.2. The number of ether oxygens (including phenoxy) is 1. The monoisotopic (exact) mass is 655 g/mol. The van der Waals surface area contributed by atoms with Crippen LogP contribution in [-0.2, 0) is 10.2 Å². The first kappa shape index (κ1) is 31.3. The summed E-state index contributed by atoms with van der Waals surface area (Å²) in [5, 5.41) is 1.95. The number of benzene rings is 6. The van der Waals surface area contributed by atoms with Crippen LogP contribution >= 0.6 is 0 Å². The number of carbonyl (C=O) groups is 2. The number of rotatable bonds is 5. The fraction of sp³-hybridized carbons (Fsp3) is 0.156. The molecule has 1 aromatic heterocycles. The quantitative estimate of drug-likeness (QED) is 0.137. The van der Waals surface area contributed by atoms with E-state index in [4.69, 9.17) is 9.57 Å². The third-order valence-corrected chi connectivity index (χ3v) is 9.67. The van der Waals surface area contributed by atoms with E-state index in [1.165, 1.54) is 22.3 Å². The molecule has 1 aliphatic rings. The topological polar surface area (TPSA) is 57.5 Å². The second kappa shape index (κ2) is 11.6. The molecule has 8 rings (SSSR count). The Bertz CT molecular complexity index is 2480. The van der Waals surface area contributed by atoms with Crippen LogP contribution in [0.25, 0.3) is 55.2 Å². The summed E-state index contributed by atoms with van der Waals surface area (Å²) in [7, 11) is 0. The molecule has 50 heavy (non-hydrogen) atoms. The largest absolute Gasteiger partial charge is 0.534 e. The Balaban J connectivity index is 1.25. The van der Waals surface area contributed by atoms with Gasteiger partial charge in [0.25, 0.3) is 0 Å². The lowest BCUT2D eigenvalue weighted by molar-refractivity contribution is -0.00688. The number of carbonyl (C=O) groups excluding carboxylic acids is 2. The van der Waals surface area contributed by atoms with Crippen LogP contribution in [0.2, 0.25) is 0 Å². The first-order chi connectivity index (χ1) is 24.0. The summed E-state index contributed by atoms with van der Waals surface area (Å²) in [6.07, 6.45) is -0.760. The molecule has 7 aromatic rings. The molecule has 0 spiro atoms. The molecular formula is C45H37NO4. The zero-order chi connectivity index (χ0) is 34.8. The molecule has 1 heterocycles. The third-order valence-electron chi connectivity index (χ3n) is 9.67. The summed E-state index contributed by atoms with van der Waals surface area (Å²) in [6, 6.07) is 44.7. The third kappa shape index (κ3) is 5.36. The minimum absolute atomic E-state index is 0.00320. The summed E-state index contributed by atoms with van der Waals surface area (Å²) < 4.78 is 7.21. The highest BCUT2D eigenvalue weighted by molar-refractivity contribution is 6.12. The summed E-state index contributed by atoms with van der Waals surface area (Å²) in [5.41, 5.74) is 10.9. The summed E-state index contributed by atoms with van der Waals surface area (Å²) in [6.45, 7) is 9.95. The number of nitrogens with zero attached hydrogens (tertiary/aromatic N) is 1. The van der Waals surface area contributed by atoms with Crippen LogP contribution in [0.4, 0.5) is 4.79 Å². The molecule has 0 fully saturated rings. The molecule has 0 saturated carbocycles. The Hall–Kier alpha value is -5.94. The van der Waals surface area contributed by atoms with Crippen LogP contribution in [-0.4, -0.2) is 22.3 Å². The number of fused-ring (bicyclic) bond motifs is 6. The van der Waals surface area contributed by atoms with Crippen molar-refractivity contribution in [3.63, 3.8) is 0 Å². The molecule has 0 radical (unpaired) electrons. The first-order valence-electron chi connectivity index (χ1n) is 16.9. The van der Waals surface area contributed by atoms with Crippen molar-refractivity contribution >= 4 is 33.7 Å². The van der Waals surface area contributed by atoms with Crippen molar-refractivity contribution in [1.82, 2.24) is 4.73 Å². The van der Waals surface area contributed by atoms with Gasteiger partial charge in [0.2, 0.25) is 0 Å². The molecular weight excluding hydrogens is 618 g/mol. The predicted octanol–water partition coefficient (Wildman–Crippen LogP) is 11.0. The summed E-state index contributed by atoms with van der Waals surface area (Å²) in [4.78, 5) is 32.3. The Kier molecular flexibility index (Phi) is 7.27. The number of hydrogen-bond donors (Lipinski definition) is 0. The zero-order valence-electron chi connectivity index (χ0n) is 28.8. The van der Waals surface area contributed by atoms with Gasteiger partial charge in [-0.2, -0.15) is 4.73 Å². The Morgan fingerprint density at radius 2 is 1.18 bits per heavy atom. The van der Waals surface area contributed by atoms with E-state index in [9.17, 15) is 9.59 Å². The van der Waals surface area contributed by atoms with Gasteiger partial charge in [-0.25, -0.2) is 4.79 Å². The Morgan fingerprint density at radius 1 is 0.560 bits per heavy atom. The van der Waals surface area contributed by atoms with Crippen LogP contribution in [0, 0.1) is 0 Å². The highest BCUT2D eigenvalue weighted by Crippen LogP contribution is 2.50. The van der Waals surface area contributed by atoms with E-state index in [2.05, 4.69) is 80.6 Å². The molecule has 0 bridgehead atoms. The molecule has 246 valence electrons. The SMILES string of the molecule is CC(C)(C)OC(=O)On1c2ccc(-c3cccc(-c4cccc(C(=O)c5ccccc5)c4)c3)cc2c2cc3c(cc21)C(C)(C)c1ccccc1-3. The van der Waals surface area contributed by atoms with E-state index in [0.717, 1.165) is 44.1 Å². The standard InChI is InChI=1S/C45H37NO4/c1-44(2,3)49-43(48)50-46-40-22-21-32(25-36(40)37-26-35-34-19-9-10-20-38(34)45(4,5)39(35)27-41(37)46)30-16-11-15-29(23-30)31-17-12-18-33(24-31)42(47)28-13-7-6-8-14-28/h6-27H,1-5H3. The molecule has 5 nitrogen and oxygen atoms in total. The lowest BCUT2D eigenvalue weighted by atomic mass is 9.82. The van der Waals surface area contributed by atoms with E-state index in [0.29, 0.717) is 11.1 Å². The lowest BCUT2D eigenvalue weighted by Crippen LogP contribution is -2.29. The Labute approximate surface area is 291 Å². The summed E-state index contributed by atoms with van der Waals surface area (Å²) in [5.74, 6) is -0.00320. The van der Waals surface area contributed by atoms with Gasteiger partial charge in [-0.15, -0.1) is 0 Å².